The van der Waals surface area contributed by atoms with Crippen LogP contribution in [-0.4, -0.2) is 64.0 Å². The number of amides is 1. The Morgan fingerprint density at radius 3 is 2.70 bits per heavy atom. The van der Waals surface area contributed by atoms with E-state index in [0.29, 0.717) is 19.6 Å². The Labute approximate surface area is 177 Å². The number of quaternary nitrogens is 1. The van der Waals surface area contributed by atoms with Crippen LogP contribution < -0.4 is 24.0 Å². The number of nitrogens with one attached hydrogen (secondary N) is 1. The number of nitrogens with zero attached hydrogens (tertiary/aromatic N) is 2. The monoisotopic (exact) mass is 412 g/mol. The molecule has 2 aromatic rings. The Bertz CT molecular complexity index is 881. The molecule has 1 amide bonds. The van der Waals surface area contributed by atoms with E-state index in [1.807, 2.05) is 42.2 Å². The Hall–Kier alpha value is -2.93. The normalized spacial score (nSPS) is 15.9. The van der Waals surface area contributed by atoms with Crippen LogP contribution in [0.3, 0.4) is 0 Å². The molecule has 2 aliphatic heterocycles. The number of hydrogen-bond acceptors (Lipinski definition) is 5. The fraction of sp³-hybridized carbons (Fsp3) is 0.435. The van der Waals surface area contributed by atoms with Gasteiger partial charge in [-0.15, -0.1) is 0 Å². The summed E-state index contributed by atoms with van der Waals surface area (Å²) in [7, 11) is 1.69. The first-order chi connectivity index (χ1) is 14.7. The summed E-state index contributed by atoms with van der Waals surface area (Å²) in [5.74, 6) is 2.60. The third-order valence-corrected chi connectivity index (χ3v) is 5.84. The zero-order valence-electron chi connectivity index (χ0n) is 17.7. The number of fused-ring (bicyclic) bond motifs is 1. The van der Waals surface area contributed by atoms with Gasteiger partial charge in [0, 0.05) is 24.8 Å². The van der Waals surface area contributed by atoms with Gasteiger partial charge in [-0.3, -0.25) is 4.79 Å². The van der Waals surface area contributed by atoms with Crippen molar-refractivity contribution in [1.29, 1.82) is 0 Å². The summed E-state index contributed by atoms with van der Waals surface area (Å²) in [6.45, 7) is 7.88. The van der Waals surface area contributed by atoms with Crippen LogP contribution >= 0.6 is 0 Å². The van der Waals surface area contributed by atoms with E-state index in [0.717, 1.165) is 49.0 Å². The Balaban J connectivity index is 1.30. The number of benzene rings is 2. The third-order valence-electron chi connectivity index (χ3n) is 5.84. The number of carbonyl (C=O) groups excluding carboxylic acids is 1. The molecule has 160 valence electrons. The van der Waals surface area contributed by atoms with Crippen molar-refractivity contribution in [3.63, 3.8) is 0 Å². The maximum atomic E-state index is 12.9. The van der Waals surface area contributed by atoms with Crippen molar-refractivity contribution in [2.24, 2.45) is 0 Å². The maximum Gasteiger partial charge on any atom is 0.278 e. The van der Waals surface area contributed by atoms with E-state index < -0.39 is 0 Å². The van der Waals surface area contributed by atoms with Gasteiger partial charge in [-0.1, -0.05) is 12.1 Å². The standard InChI is InChI=1S/C23H29N3O4/c1-3-25(15-18-7-8-21-22(13-18)30-17-29-21)23(27)16-24-9-11-26(12-10-24)19-5-4-6-20(14-19)28-2/h4-8,13-14H,3,9-12,15-17H2,1-2H3/p+1. The van der Waals surface area contributed by atoms with Gasteiger partial charge in [0.25, 0.3) is 5.91 Å². The summed E-state index contributed by atoms with van der Waals surface area (Å²) < 4.78 is 16.2. The molecule has 1 saturated heterocycles. The molecule has 0 radical (unpaired) electrons. The van der Waals surface area contributed by atoms with Gasteiger partial charge < -0.3 is 28.9 Å². The van der Waals surface area contributed by atoms with Gasteiger partial charge in [0.1, 0.15) is 5.75 Å². The largest absolute Gasteiger partial charge is 0.497 e. The molecule has 4 rings (SSSR count). The van der Waals surface area contributed by atoms with E-state index in [4.69, 9.17) is 14.2 Å². The highest BCUT2D eigenvalue weighted by atomic mass is 16.7. The number of hydrogen-bond donors (Lipinski definition) is 1. The summed E-state index contributed by atoms with van der Waals surface area (Å²) in [4.78, 5) is 18.5. The first-order valence-corrected chi connectivity index (χ1v) is 10.5. The van der Waals surface area contributed by atoms with Gasteiger partial charge in [0.2, 0.25) is 6.79 Å². The van der Waals surface area contributed by atoms with E-state index in [9.17, 15) is 4.79 Å². The van der Waals surface area contributed by atoms with E-state index in [-0.39, 0.29) is 12.7 Å². The first-order valence-electron chi connectivity index (χ1n) is 10.5. The zero-order valence-corrected chi connectivity index (χ0v) is 17.7. The molecule has 0 spiro atoms. The molecule has 0 atom stereocenters. The molecule has 1 N–H and O–H groups in total. The van der Waals surface area contributed by atoms with Crippen LogP contribution in [-0.2, 0) is 11.3 Å². The van der Waals surface area contributed by atoms with E-state index >= 15 is 0 Å². The molecular weight excluding hydrogens is 382 g/mol. The Morgan fingerprint density at radius 1 is 1.13 bits per heavy atom. The third kappa shape index (κ3) is 4.62. The molecule has 0 aliphatic carbocycles. The lowest BCUT2D eigenvalue weighted by atomic mass is 10.2. The minimum absolute atomic E-state index is 0.194. The van der Waals surface area contributed by atoms with Gasteiger partial charge in [0.15, 0.2) is 18.0 Å². The van der Waals surface area contributed by atoms with Crippen molar-refractivity contribution < 1.29 is 23.9 Å². The van der Waals surface area contributed by atoms with Gasteiger partial charge in [-0.05, 0) is 36.8 Å². The maximum absolute atomic E-state index is 12.9. The van der Waals surface area contributed by atoms with Crippen LogP contribution in [0.4, 0.5) is 5.69 Å². The van der Waals surface area contributed by atoms with E-state index in [1.54, 1.807) is 7.11 Å². The van der Waals surface area contributed by atoms with E-state index in [1.165, 1.54) is 10.6 Å². The predicted octanol–water partition coefficient (Wildman–Crippen LogP) is 1.18. The molecule has 2 heterocycles. The van der Waals surface area contributed by atoms with Gasteiger partial charge in [0.05, 0.1) is 33.3 Å². The first kappa shape index (κ1) is 20.3. The molecule has 7 nitrogen and oxygen atoms in total. The molecule has 0 unspecified atom stereocenters. The predicted molar refractivity (Wildman–Crippen MR) is 114 cm³/mol. The number of methoxy groups -OCH3 is 1. The van der Waals surface area contributed by atoms with Crippen molar-refractivity contribution in [2.45, 2.75) is 13.5 Å². The van der Waals surface area contributed by atoms with Crippen LogP contribution in [0.25, 0.3) is 0 Å². The quantitative estimate of drug-likeness (QED) is 0.740. The lowest BCUT2D eigenvalue weighted by molar-refractivity contribution is -0.892. The number of rotatable bonds is 7. The molecule has 2 aliphatic rings. The Kier molecular flexibility index (Phi) is 6.28. The van der Waals surface area contributed by atoms with Crippen molar-refractivity contribution in [3.05, 3.63) is 48.0 Å². The highest BCUT2D eigenvalue weighted by Gasteiger charge is 2.25. The average Bonchev–Trinajstić information content (AvgIpc) is 3.26. The fourth-order valence-electron chi connectivity index (χ4n) is 4.03. The van der Waals surface area contributed by atoms with Crippen molar-refractivity contribution in [1.82, 2.24) is 4.90 Å². The topological polar surface area (TPSA) is 55.7 Å². The van der Waals surface area contributed by atoms with Crippen LogP contribution in [0.5, 0.6) is 17.2 Å². The lowest BCUT2D eigenvalue weighted by Gasteiger charge is -2.34. The van der Waals surface area contributed by atoms with Gasteiger partial charge in [-0.25, -0.2) is 0 Å². The molecule has 0 saturated carbocycles. The minimum atomic E-state index is 0.194. The van der Waals surface area contributed by atoms with Crippen LogP contribution in [0.1, 0.15) is 12.5 Å². The van der Waals surface area contributed by atoms with E-state index in [2.05, 4.69) is 17.0 Å². The molecule has 0 aromatic heterocycles. The SMILES string of the molecule is CCN(Cc1ccc2c(c1)OCO2)C(=O)C[NH+]1CCN(c2cccc(OC)c2)CC1. The highest BCUT2D eigenvalue weighted by molar-refractivity contribution is 5.77. The molecule has 0 bridgehead atoms. The summed E-state index contributed by atoms with van der Waals surface area (Å²) in [6.07, 6.45) is 0. The second-order valence-corrected chi connectivity index (χ2v) is 7.71. The number of ether oxygens (including phenoxy) is 3. The summed E-state index contributed by atoms with van der Waals surface area (Å²) in [6, 6.07) is 14.1. The molecule has 2 aromatic carbocycles. The fourth-order valence-corrected chi connectivity index (χ4v) is 4.03. The van der Waals surface area contributed by atoms with Crippen molar-refractivity contribution in [3.8, 4) is 17.2 Å². The van der Waals surface area contributed by atoms with Crippen LogP contribution in [0.2, 0.25) is 0 Å². The van der Waals surface area contributed by atoms with Crippen LogP contribution in [0, 0.1) is 0 Å². The summed E-state index contributed by atoms with van der Waals surface area (Å²) in [5, 5.41) is 0. The summed E-state index contributed by atoms with van der Waals surface area (Å²) >= 11 is 0. The number of anilines is 1. The zero-order chi connectivity index (χ0) is 20.9. The second kappa shape index (κ2) is 9.26. The lowest BCUT2D eigenvalue weighted by Crippen LogP contribution is -3.15. The number of likely N-dealkylation sites (N-methyl/N-ethyl adjacent to an activating group) is 1. The Morgan fingerprint density at radius 2 is 1.93 bits per heavy atom. The molecule has 1 fully saturated rings. The summed E-state index contributed by atoms with van der Waals surface area (Å²) in [5.41, 5.74) is 2.24. The smallest absolute Gasteiger partial charge is 0.278 e. The van der Waals surface area contributed by atoms with Crippen molar-refractivity contribution in [2.75, 3.05) is 58.1 Å². The minimum Gasteiger partial charge on any atom is -0.497 e. The number of carbonyl (C=O) groups is 1. The molecule has 7 heteroatoms. The van der Waals surface area contributed by atoms with Gasteiger partial charge >= 0.3 is 0 Å². The average molecular weight is 413 g/mol. The second-order valence-electron chi connectivity index (χ2n) is 7.71. The van der Waals surface area contributed by atoms with Crippen LogP contribution in [0.15, 0.2) is 42.5 Å². The van der Waals surface area contributed by atoms with Gasteiger partial charge in [-0.2, -0.15) is 0 Å². The highest BCUT2D eigenvalue weighted by Crippen LogP contribution is 2.32. The van der Waals surface area contributed by atoms with Crippen molar-refractivity contribution >= 4 is 11.6 Å². The number of piperazine rings is 1. The molecule has 30 heavy (non-hydrogen) atoms. The molecular formula is C23H30N3O4+.